The lowest BCUT2D eigenvalue weighted by Gasteiger charge is -2.02. The van der Waals surface area contributed by atoms with Crippen LogP contribution < -0.4 is 5.73 Å². The van der Waals surface area contributed by atoms with Gasteiger partial charge in [-0.3, -0.25) is 0 Å². The quantitative estimate of drug-likeness (QED) is 0.744. The van der Waals surface area contributed by atoms with Gasteiger partial charge in [0.15, 0.2) is 0 Å². The van der Waals surface area contributed by atoms with Crippen LogP contribution in [0.2, 0.25) is 10.0 Å². The lowest BCUT2D eigenvalue weighted by atomic mass is 10.1. The van der Waals surface area contributed by atoms with Crippen molar-refractivity contribution in [2.45, 2.75) is 18.4 Å². The molecule has 0 bridgehead atoms. The van der Waals surface area contributed by atoms with E-state index in [1.54, 1.807) is 6.07 Å². The Morgan fingerprint density at radius 1 is 1.33 bits per heavy atom. The molecular formula is C9H9Cl2N. The van der Waals surface area contributed by atoms with Crippen LogP contribution >= 0.6 is 23.2 Å². The zero-order valence-corrected chi connectivity index (χ0v) is 7.94. The van der Waals surface area contributed by atoms with Crippen molar-refractivity contribution in [2.24, 2.45) is 5.73 Å². The normalized spacial score (nSPS) is 27.2. The van der Waals surface area contributed by atoms with Crippen molar-refractivity contribution in [3.63, 3.8) is 0 Å². The first kappa shape index (κ1) is 8.36. The minimum absolute atomic E-state index is 0.279. The van der Waals surface area contributed by atoms with Gasteiger partial charge in [0.25, 0.3) is 0 Å². The topological polar surface area (TPSA) is 26.0 Å². The van der Waals surface area contributed by atoms with Gasteiger partial charge in [0.2, 0.25) is 0 Å². The van der Waals surface area contributed by atoms with Crippen molar-refractivity contribution >= 4 is 23.2 Å². The molecule has 2 N–H and O–H groups in total. The molecule has 1 aromatic rings. The van der Waals surface area contributed by atoms with E-state index in [9.17, 15) is 0 Å². The van der Waals surface area contributed by atoms with Crippen LogP contribution in [0.25, 0.3) is 0 Å². The molecule has 0 aliphatic heterocycles. The van der Waals surface area contributed by atoms with Crippen LogP contribution in [0, 0.1) is 0 Å². The van der Waals surface area contributed by atoms with Crippen molar-refractivity contribution < 1.29 is 0 Å². The predicted molar refractivity (Wildman–Crippen MR) is 51.8 cm³/mol. The summed E-state index contributed by atoms with van der Waals surface area (Å²) < 4.78 is 0. The number of hydrogen-bond donors (Lipinski definition) is 1. The maximum atomic E-state index is 6.01. The molecule has 0 aromatic heterocycles. The highest BCUT2D eigenvalue weighted by Crippen LogP contribution is 2.43. The summed E-state index contributed by atoms with van der Waals surface area (Å²) in [7, 11) is 0. The molecule has 1 nitrogen and oxygen atoms in total. The molecule has 0 saturated heterocycles. The highest BCUT2D eigenvalue weighted by atomic mass is 35.5. The van der Waals surface area contributed by atoms with Gasteiger partial charge >= 0.3 is 0 Å². The van der Waals surface area contributed by atoms with Crippen LogP contribution in [0.1, 0.15) is 17.9 Å². The number of hydrogen-bond acceptors (Lipinski definition) is 1. The van der Waals surface area contributed by atoms with E-state index in [0.717, 1.165) is 12.0 Å². The summed E-state index contributed by atoms with van der Waals surface area (Å²) in [5, 5.41) is 1.28. The van der Waals surface area contributed by atoms with Crippen molar-refractivity contribution in [1.82, 2.24) is 0 Å². The Morgan fingerprint density at radius 3 is 2.58 bits per heavy atom. The minimum atomic E-state index is 0.279. The van der Waals surface area contributed by atoms with Gasteiger partial charge in [0.1, 0.15) is 0 Å². The Hall–Kier alpha value is -0.240. The lowest BCUT2D eigenvalue weighted by molar-refractivity contribution is 0.991. The van der Waals surface area contributed by atoms with E-state index in [1.165, 1.54) is 0 Å². The minimum Gasteiger partial charge on any atom is -0.327 e. The molecule has 64 valence electrons. The summed E-state index contributed by atoms with van der Waals surface area (Å²) in [4.78, 5) is 0. The number of nitrogens with two attached hydrogens (primary N) is 1. The third kappa shape index (κ3) is 1.33. The Balaban J connectivity index is 2.38. The van der Waals surface area contributed by atoms with Crippen molar-refractivity contribution in [3.05, 3.63) is 33.8 Å². The van der Waals surface area contributed by atoms with Gasteiger partial charge in [-0.1, -0.05) is 35.3 Å². The van der Waals surface area contributed by atoms with Crippen LogP contribution in [0.3, 0.4) is 0 Å². The van der Waals surface area contributed by atoms with Gasteiger partial charge in [0.05, 0.1) is 10.0 Å². The molecule has 0 unspecified atom stereocenters. The zero-order chi connectivity index (χ0) is 8.72. The largest absolute Gasteiger partial charge is 0.327 e. The first-order valence-electron chi connectivity index (χ1n) is 3.89. The van der Waals surface area contributed by atoms with E-state index in [4.69, 9.17) is 28.9 Å². The Labute approximate surface area is 81.5 Å². The van der Waals surface area contributed by atoms with Crippen LogP contribution in [0.5, 0.6) is 0 Å². The Bertz CT molecular complexity index is 311. The summed E-state index contributed by atoms with van der Waals surface area (Å²) in [6.07, 6.45) is 1.03. The molecule has 1 aliphatic carbocycles. The molecule has 2 rings (SSSR count). The first-order valence-corrected chi connectivity index (χ1v) is 4.65. The predicted octanol–water partition coefficient (Wildman–Crippen LogP) is 2.81. The van der Waals surface area contributed by atoms with Crippen LogP contribution in [-0.2, 0) is 0 Å². The van der Waals surface area contributed by atoms with Gasteiger partial charge in [0, 0.05) is 12.0 Å². The molecule has 0 spiro atoms. The molecule has 2 atom stereocenters. The third-order valence-corrected chi connectivity index (χ3v) is 3.05. The average molecular weight is 202 g/mol. The van der Waals surface area contributed by atoms with Gasteiger partial charge in [-0.15, -0.1) is 0 Å². The van der Waals surface area contributed by atoms with E-state index in [-0.39, 0.29) is 6.04 Å². The molecule has 0 amide bonds. The highest BCUT2D eigenvalue weighted by Gasteiger charge is 2.36. The molecule has 0 heterocycles. The SMILES string of the molecule is N[C@H]1C[C@H]1c1cccc(Cl)c1Cl. The molecule has 3 heteroatoms. The van der Waals surface area contributed by atoms with Crippen molar-refractivity contribution in [1.29, 1.82) is 0 Å². The van der Waals surface area contributed by atoms with E-state index >= 15 is 0 Å². The van der Waals surface area contributed by atoms with Crippen molar-refractivity contribution in [2.75, 3.05) is 0 Å². The third-order valence-electron chi connectivity index (χ3n) is 2.22. The maximum Gasteiger partial charge on any atom is 0.0627 e. The zero-order valence-electron chi connectivity index (χ0n) is 6.43. The first-order chi connectivity index (χ1) is 5.70. The Kier molecular flexibility index (Phi) is 2.03. The van der Waals surface area contributed by atoms with E-state index in [1.807, 2.05) is 12.1 Å². The second-order valence-electron chi connectivity index (χ2n) is 3.15. The molecule has 12 heavy (non-hydrogen) atoms. The van der Waals surface area contributed by atoms with E-state index in [0.29, 0.717) is 16.0 Å². The number of rotatable bonds is 1. The summed E-state index contributed by atoms with van der Waals surface area (Å²) in [5.74, 6) is 0.427. The number of benzene rings is 1. The second-order valence-corrected chi connectivity index (χ2v) is 3.93. The fraction of sp³-hybridized carbons (Fsp3) is 0.333. The molecule has 1 fully saturated rings. The monoisotopic (exact) mass is 201 g/mol. The van der Waals surface area contributed by atoms with Gasteiger partial charge in [-0.2, -0.15) is 0 Å². The standard InChI is InChI=1S/C9H9Cl2N/c10-7-3-1-2-5(9(7)11)6-4-8(6)12/h1-3,6,8H,4,12H2/t6-,8-/m0/s1. The summed E-state index contributed by atoms with van der Waals surface area (Å²) in [6.45, 7) is 0. The average Bonchev–Trinajstić information content (AvgIpc) is 2.73. The summed E-state index contributed by atoms with van der Waals surface area (Å²) in [5.41, 5.74) is 6.81. The summed E-state index contributed by atoms with van der Waals surface area (Å²) in [6, 6.07) is 5.97. The molecule has 1 saturated carbocycles. The maximum absolute atomic E-state index is 6.01. The smallest absolute Gasteiger partial charge is 0.0627 e. The van der Waals surface area contributed by atoms with Crippen LogP contribution in [-0.4, -0.2) is 6.04 Å². The van der Waals surface area contributed by atoms with Gasteiger partial charge in [-0.05, 0) is 18.1 Å². The molecule has 0 radical (unpaired) electrons. The Morgan fingerprint density at radius 2 is 2.00 bits per heavy atom. The number of halogens is 2. The van der Waals surface area contributed by atoms with E-state index < -0.39 is 0 Å². The van der Waals surface area contributed by atoms with Crippen LogP contribution in [0.15, 0.2) is 18.2 Å². The van der Waals surface area contributed by atoms with E-state index in [2.05, 4.69) is 0 Å². The fourth-order valence-electron chi connectivity index (χ4n) is 1.38. The fourth-order valence-corrected chi connectivity index (χ4v) is 1.83. The lowest BCUT2D eigenvalue weighted by Crippen LogP contribution is -2.01. The summed E-state index contributed by atoms with van der Waals surface area (Å²) >= 11 is 11.9. The van der Waals surface area contributed by atoms with Gasteiger partial charge in [-0.25, -0.2) is 0 Å². The molecular weight excluding hydrogens is 193 g/mol. The highest BCUT2D eigenvalue weighted by molar-refractivity contribution is 6.42. The molecule has 1 aromatic carbocycles. The van der Waals surface area contributed by atoms with Gasteiger partial charge < -0.3 is 5.73 Å². The van der Waals surface area contributed by atoms with Crippen molar-refractivity contribution in [3.8, 4) is 0 Å². The van der Waals surface area contributed by atoms with Crippen LogP contribution in [0.4, 0.5) is 0 Å². The second kappa shape index (κ2) is 2.91. The molecule has 1 aliphatic rings.